The van der Waals surface area contributed by atoms with Crippen molar-refractivity contribution in [2.24, 2.45) is 0 Å². The molecule has 23 heavy (non-hydrogen) atoms. The van der Waals surface area contributed by atoms with Gasteiger partial charge in [0, 0.05) is 22.7 Å². The van der Waals surface area contributed by atoms with Gasteiger partial charge in [0.15, 0.2) is 5.82 Å². The summed E-state index contributed by atoms with van der Waals surface area (Å²) < 4.78 is 12.5. The van der Waals surface area contributed by atoms with Gasteiger partial charge in [0.2, 0.25) is 0 Å². The van der Waals surface area contributed by atoms with Gasteiger partial charge >= 0.3 is 0 Å². The molecule has 0 radical (unpaired) electrons. The van der Waals surface area contributed by atoms with Crippen LogP contribution in [0.3, 0.4) is 0 Å². The van der Waals surface area contributed by atoms with Crippen LogP contribution in [0.15, 0.2) is 34.9 Å². The lowest BCUT2D eigenvalue weighted by atomic mass is 10.2. The molecule has 1 fully saturated rings. The summed E-state index contributed by atoms with van der Waals surface area (Å²) in [6, 6.07) is 10.7. The molecular formula is C17H19N3O2S. The second-order valence-corrected chi connectivity index (χ2v) is 7.05. The van der Waals surface area contributed by atoms with Crippen LogP contribution in [0.25, 0.3) is 10.1 Å². The third kappa shape index (κ3) is 3.29. The van der Waals surface area contributed by atoms with Crippen molar-refractivity contribution in [2.75, 3.05) is 6.54 Å². The molecule has 3 heterocycles. The minimum atomic E-state index is -0.0488. The first-order valence-corrected chi connectivity index (χ1v) is 8.73. The Balaban J connectivity index is 1.28. The average Bonchev–Trinajstić information content (AvgIpc) is 3.25. The summed E-state index contributed by atoms with van der Waals surface area (Å²) in [4.78, 5) is 5.61. The molecule has 0 bridgehead atoms. The standard InChI is InChI=1S/C17H19N3O2S/c1-11-19-17(22-20-11)15-7-6-13(21-15)9-18-10-14-8-12-4-2-3-5-16(12)23-14/h2-5,8,13,15,18H,6-7,9-10H2,1H3/t13-,15+/m1/s1. The van der Waals surface area contributed by atoms with Crippen molar-refractivity contribution < 1.29 is 9.26 Å². The van der Waals surface area contributed by atoms with Gasteiger partial charge in [-0.2, -0.15) is 4.98 Å². The van der Waals surface area contributed by atoms with E-state index in [0.717, 1.165) is 25.9 Å². The van der Waals surface area contributed by atoms with Crippen LogP contribution >= 0.6 is 11.3 Å². The number of ether oxygens (including phenoxy) is 1. The number of aromatic nitrogens is 2. The molecule has 0 unspecified atom stereocenters. The van der Waals surface area contributed by atoms with Gasteiger partial charge < -0.3 is 14.6 Å². The number of thiophene rings is 1. The Kier molecular flexibility index (Phi) is 4.11. The zero-order valence-corrected chi connectivity index (χ0v) is 13.8. The molecule has 0 saturated carbocycles. The van der Waals surface area contributed by atoms with Crippen molar-refractivity contribution in [1.29, 1.82) is 0 Å². The highest BCUT2D eigenvalue weighted by Crippen LogP contribution is 2.31. The molecule has 0 amide bonds. The number of fused-ring (bicyclic) bond motifs is 1. The number of aryl methyl sites for hydroxylation is 1. The Labute approximate surface area is 138 Å². The number of benzene rings is 1. The van der Waals surface area contributed by atoms with E-state index in [0.29, 0.717) is 11.7 Å². The molecule has 2 aromatic heterocycles. The summed E-state index contributed by atoms with van der Waals surface area (Å²) in [6.45, 7) is 3.55. The smallest absolute Gasteiger partial charge is 0.255 e. The van der Waals surface area contributed by atoms with E-state index >= 15 is 0 Å². The summed E-state index contributed by atoms with van der Waals surface area (Å²) in [5.74, 6) is 1.27. The highest BCUT2D eigenvalue weighted by atomic mass is 32.1. The highest BCUT2D eigenvalue weighted by molar-refractivity contribution is 7.19. The molecule has 1 saturated heterocycles. The minimum Gasteiger partial charge on any atom is -0.364 e. The fourth-order valence-corrected chi connectivity index (χ4v) is 4.00. The molecule has 120 valence electrons. The molecule has 1 aliphatic heterocycles. The number of hydrogen-bond acceptors (Lipinski definition) is 6. The van der Waals surface area contributed by atoms with E-state index in [4.69, 9.17) is 9.26 Å². The summed E-state index contributed by atoms with van der Waals surface area (Å²) in [7, 11) is 0. The van der Waals surface area contributed by atoms with Crippen LogP contribution in [0, 0.1) is 6.92 Å². The number of rotatable bonds is 5. The van der Waals surface area contributed by atoms with Gasteiger partial charge in [-0.1, -0.05) is 23.4 Å². The Hall–Kier alpha value is -1.76. The first kappa shape index (κ1) is 14.8. The summed E-state index contributed by atoms with van der Waals surface area (Å²) >= 11 is 1.84. The molecule has 3 aromatic rings. The first-order valence-electron chi connectivity index (χ1n) is 7.92. The molecule has 0 spiro atoms. The van der Waals surface area contributed by atoms with Crippen LogP contribution in [0.2, 0.25) is 0 Å². The molecule has 0 aliphatic carbocycles. The molecule has 1 aliphatic rings. The van der Waals surface area contributed by atoms with Crippen molar-refractivity contribution in [1.82, 2.24) is 15.5 Å². The molecular weight excluding hydrogens is 310 g/mol. The van der Waals surface area contributed by atoms with E-state index in [1.54, 1.807) is 0 Å². The maximum Gasteiger partial charge on any atom is 0.255 e. The van der Waals surface area contributed by atoms with Crippen molar-refractivity contribution in [2.45, 2.75) is 38.5 Å². The monoisotopic (exact) mass is 329 g/mol. The Morgan fingerprint density at radius 1 is 1.30 bits per heavy atom. The van der Waals surface area contributed by atoms with E-state index in [-0.39, 0.29) is 12.2 Å². The lowest BCUT2D eigenvalue weighted by Crippen LogP contribution is -2.25. The van der Waals surface area contributed by atoms with Gasteiger partial charge in [0.25, 0.3) is 5.89 Å². The zero-order valence-electron chi connectivity index (χ0n) is 13.0. The van der Waals surface area contributed by atoms with Crippen molar-refractivity contribution in [3.8, 4) is 0 Å². The van der Waals surface area contributed by atoms with E-state index < -0.39 is 0 Å². The summed E-state index contributed by atoms with van der Waals surface area (Å²) in [5, 5.41) is 8.65. The van der Waals surface area contributed by atoms with Crippen molar-refractivity contribution in [3.63, 3.8) is 0 Å². The second kappa shape index (κ2) is 6.39. The number of nitrogens with one attached hydrogen (secondary N) is 1. The molecule has 1 N–H and O–H groups in total. The largest absolute Gasteiger partial charge is 0.364 e. The quantitative estimate of drug-likeness (QED) is 0.775. The zero-order chi connectivity index (χ0) is 15.6. The molecule has 2 atom stereocenters. The second-order valence-electron chi connectivity index (χ2n) is 5.89. The normalized spacial score (nSPS) is 21.3. The molecule has 4 rings (SSSR count). The van der Waals surface area contributed by atoms with Crippen LogP contribution < -0.4 is 5.32 Å². The van der Waals surface area contributed by atoms with Crippen LogP contribution in [0.5, 0.6) is 0 Å². The van der Waals surface area contributed by atoms with Gasteiger partial charge in [-0.3, -0.25) is 0 Å². The van der Waals surface area contributed by atoms with Crippen LogP contribution in [-0.2, 0) is 11.3 Å². The van der Waals surface area contributed by atoms with E-state index in [9.17, 15) is 0 Å². The van der Waals surface area contributed by atoms with E-state index in [1.165, 1.54) is 15.0 Å². The molecule has 5 nitrogen and oxygen atoms in total. The number of nitrogens with zero attached hydrogens (tertiary/aromatic N) is 2. The predicted octanol–water partition coefficient (Wildman–Crippen LogP) is 3.60. The SMILES string of the molecule is Cc1noc([C@@H]2CC[C@H](CNCc3cc4ccccc4s3)O2)n1. The molecule has 1 aromatic carbocycles. The topological polar surface area (TPSA) is 60.2 Å². The predicted molar refractivity (Wildman–Crippen MR) is 89.4 cm³/mol. The third-order valence-corrected chi connectivity index (χ3v) is 5.19. The lowest BCUT2D eigenvalue weighted by molar-refractivity contribution is 0.0264. The summed E-state index contributed by atoms with van der Waals surface area (Å²) in [6.07, 6.45) is 2.12. The Morgan fingerprint density at radius 2 is 2.22 bits per heavy atom. The van der Waals surface area contributed by atoms with Gasteiger partial charge in [-0.05, 0) is 37.3 Å². The van der Waals surface area contributed by atoms with E-state index in [1.807, 2.05) is 18.3 Å². The maximum atomic E-state index is 6.00. The van der Waals surface area contributed by atoms with Crippen molar-refractivity contribution in [3.05, 3.63) is 46.9 Å². The Bertz CT molecular complexity index is 765. The highest BCUT2D eigenvalue weighted by Gasteiger charge is 2.30. The lowest BCUT2D eigenvalue weighted by Gasteiger charge is -2.11. The van der Waals surface area contributed by atoms with Crippen molar-refractivity contribution >= 4 is 21.4 Å². The van der Waals surface area contributed by atoms with Crippen LogP contribution in [0.1, 0.15) is 35.5 Å². The minimum absolute atomic E-state index is 0.0488. The fraction of sp³-hybridized carbons (Fsp3) is 0.412. The van der Waals surface area contributed by atoms with Crippen LogP contribution in [0.4, 0.5) is 0 Å². The van der Waals surface area contributed by atoms with Crippen LogP contribution in [-0.4, -0.2) is 22.8 Å². The summed E-state index contributed by atoms with van der Waals surface area (Å²) in [5.41, 5.74) is 0. The average molecular weight is 329 g/mol. The maximum absolute atomic E-state index is 6.00. The fourth-order valence-electron chi connectivity index (χ4n) is 2.96. The van der Waals surface area contributed by atoms with Gasteiger partial charge in [-0.25, -0.2) is 0 Å². The first-order chi connectivity index (χ1) is 11.3. The molecule has 6 heteroatoms. The van der Waals surface area contributed by atoms with Gasteiger partial charge in [0.05, 0.1) is 6.10 Å². The van der Waals surface area contributed by atoms with Gasteiger partial charge in [0.1, 0.15) is 6.10 Å². The Morgan fingerprint density at radius 3 is 3.04 bits per heavy atom. The third-order valence-electron chi connectivity index (χ3n) is 4.07. The van der Waals surface area contributed by atoms with E-state index in [2.05, 4.69) is 45.8 Å². The van der Waals surface area contributed by atoms with Gasteiger partial charge in [-0.15, -0.1) is 11.3 Å². The number of hydrogen-bond donors (Lipinski definition) is 1.